The average molecular weight is 362 g/mol. The van der Waals surface area contributed by atoms with Crippen molar-refractivity contribution in [3.05, 3.63) is 29.8 Å². The molecule has 0 radical (unpaired) electrons. The maximum Gasteiger partial charge on any atom is 0.306 e. The molecular formula is C19H26N2O5. The minimum Gasteiger partial charge on any atom is -0.453 e. The summed E-state index contributed by atoms with van der Waals surface area (Å²) in [5.74, 6) is -0.985. The van der Waals surface area contributed by atoms with Gasteiger partial charge in [-0.2, -0.15) is 0 Å². The van der Waals surface area contributed by atoms with Gasteiger partial charge < -0.3 is 15.4 Å². The number of unbranched alkanes of at least 4 members (excludes halogenated alkanes) is 2. The SMILES string of the molecule is CC(=O)NCCCCCC(=O)OC(C)C(=O)Nc1ccc(C(C)=O)cc1. The molecule has 2 N–H and O–H groups in total. The van der Waals surface area contributed by atoms with Gasteiger partial charge in [0.15, 0.2) is 11.9 Å². The fraction of sp³-hybridized carbons (Fsp3) is 0.474. The number of rotatable bonds is 10. The zero-order valence-corrected chi connectivity index (χ0v) is 15.5. The van der Waals surface area contributed by atoms with Crippen molar-refractivity contribution in [2.75, 3.05) is 11.9 Å². The highest BCUT2D eigenvalue weighted by molar-refractivity contribution is 5.97. The largest absolute Gasteiger partial charge is 0.453 e. The molecule has 0 spiro atoms. The molecule has 0 heterocycles. The van der Waals surface area contributed by atoms with Crippen LogP contribution in [0, 0.1) is 0 Å². The van der Waals surface area contributed by atoms with Gasteiger partial charge >= 0.3 is 5.97 Å². The summed E-state index contributed by atoms with van der Waals surface area (Å²) in [6, 6.07) is 6.49. The second-order valence-corrected chi connectivity index (χ2v) is 6.05. The van der Waals surface area contributed by atoms with E-state index < -0.39 is 18.0 Å². The zero-order valence-electron chi connectivity index (χ0n) is 15.5. The Hall–Kier alpha value is -2.70. The predicted molar refractivity (Wildman–Crippen MR) is 97.8 cm³/mol. The smallest absolute Gasteiger partial charge is 0.306 e. The van der Waals surface area contributed by atoms with E-state index in [1.165, 1.54) is 20.8 Å². The Labute approximate surface area is 153 Å². The van der Waals surface area contributed by atoms with Gasteiger partial charge in [0.2, 0.25) is 5.91 Å². The second kappa shape index (κ2) is 11.0. The standard InChI is InChI=1S/C19H26N2O5/c1-13(22)16-8-10-17(11-9-16)21-19(25)14(2)26-18(24)7-5-4-6-12-20-15(3)23/h8-11,14H,4-7,12H2,1-3H3,(H,20,23)(H,21,25). The summed E-state index contributed by atoms with van der Waals surface area (Å²) in [6.07, 6.45) is 1.54. The lowest BCUT2D eigenvalue weighted by molar-refractivity contribution is -0.153. The molecule has 7 heteroatoms. The Kier molecular flexibility index (Phi) is 9.05. The Morgan fingerprint density at radius 3 is 2.23 bits per heavy atom. The summed E-state index contributed by atoms with van der Waals surface area (Å²) in [5.41, 5.74) is 1.09. The van der Waals surface area contributed by atoms with Crippen LogP contribution in [0.2, 0.25) is 0 Å². The van der Waals surface area contributed by atoms with Gasteiger partial charge in [0.25, 0.3) is 5.91 Å². The quantitative estimate of drug-likeness (QED) is 0.378. The van der Waals surface area contributed by atoms with E-state index in [2.05, 4.69) is 10.6 Å². The van der Waals surface area contributed by atoms with Crippen LogP contribution in [-0.2, 0) is 19.1 Å². The normalized spacial score (nSPS) is 11.3. The Balaban J connectivity index is 2.29. The van der Waals surface area contributed by atoms with Crippen LogP contribution in [0.1, 0.15) is 56.8 Å². The molecule has 1 atom stereocenters. The van der Waals surface area contributed by atoms with Crippen LogP contribution in [0.3, 0.4) is 0 Å². The van der Waals surface area contributed by atoms with Crippen molar-refractivity contribution in [3.63, 3.8) is 0 Å². The Bertz CT molecular complexity index is 640. The number of carbonyl (C=O) groups excluding carboxylic acids is 4. The van der Waals surface area contributed by atoms with E-state index in [1.807, 2.05) is 0 Å². The van der Waals surface area contributed by atoms with Gasteiger partial charge in [-0.25, -0.2) is 0 Å². The highest BCUT2D eigenvalue weighted by Gasteiger charge is 2.17. The molecule has 26 heavy (non-hydrogen) atoms. The van der Waals surface area contributed by atoms with E-state index in [0.29, 0.717) is 24.2 Å². The number of esters is 1. The van der Waals surface area contributed by atoms with Crippen molar-refractivity contribution < 1.29 is 23.9 Å². The lowest BCUT2D eigenvalue weighted by Gasteiger charge is -2.13. The molecule has 0 bridgehead atoms. The van der Waals surface area contributed by atoms with Crippen LogP contribution in [0.15, 0.2) is 24.3 Å². The van der Waals surface area contributed by atoms with Crippen LogP contribution >= 0.6 is 0 Å². The van der Waals surface area contributed by atoms with Gasteiger partial charge in [-0.1, -0.05) is 6.42 Å². The first kappa shape index (κ1) is 21.3. The first-order valence-corrected chi connectivity index (χ1v) is 8.65. The first-order chi connectivity index (χ1) is 12.3. The maximum atomic E-state index is 12.1. The van der Waals surface area contributed by atoms with E-state index in [0.717, 1.165) is 12.8 Å². The third-order valence-corrected chi connectivity index (χ3v) is 3.67. The zero-order chi connectivity index (χ0) is 19.5. The first-order valence-electron chi connectivity index (χ1n) is 8.65. The molecule has 0 aliphatic heterocycles. The van der Waals surface area contributed by atoms with Gasteiger partial charge in [0.05, 0.1) is 0 Å². The number of carbonyl (C=O) groups is 4. The van der Waals surface area contributed by atoms with E-state index in [4.69, 9.17) is 4.74 Å². The number of ketones is 1. The molecule has 0 aliphatic carbocycles. The summed E-state index contributed by atoms with van der Waals surface area (Å²) < 4.78 is 5.12. The number of amides is 2. The minimum absolute atomic E-state index is 0.0535. The molecule has 1 aromatic rings. The van der Waals surface area contributed by atoms with Crippen molar-refractivity contribution >= 4 is 29.3 Å². The molecule has 0 saturated heterocycles. The topological polar surface area (TPSA) is 102 Å². The van der Waals surface area contributed by atoms with Gasteiger partial charge in [-0.15, -0.1) is 0 Å². The lowest BCUT2D eigenvalue weighted by atomic mass is 10.1. The lowest BCUT2D eigenvalue weighted by Crippen LogP contribution is -2.29. The van der Waals surface area contributed by atoms with Crippen LogP contribution in [0.5, 0.6) is 0 Å². The summed E-state index contributed by atoms with van der Waals surface area (Å²) in [4.78, 5) is 45.7. The monoisotopic (exact) mass is 362 g/mol. The highest BCUT2D eigenvalue weighted by atomic mass is 16.5. The molecule has 142 valence electrons. The number of anilines is 1. The Morgan fingerprint density at radius 1 is 1.00 bits per heavy atom. The van der Waals surface area contributed by atoms with Crippen LogP contribution in [-0.4, -0.2) is 36.2 Å². The van der Waals surface area contributed by atoms with Gasteiger partial charge in [-0.3, -0.25) is 19.2 Å². The van der Waals surface area contributed by atoms with Crippen molar-refractivity contribution in [1.29, 1.82) is 0 Å². The maximum absolute atomic E-state index is 12.1. The molecule has 0 saturated carbocycles. The van der Waals surface area contributed by atoms with E-state index in [-0.39, 0.29) is 18.1 Å². The summed E-state index contributed by atoms with van der Waals surface area (Å²) in [6.45, 7) is 5.02. The van der Waals surface area contributed by atoms with Gasteiger partial charge in [-0.05, 0) is 51.0 Å². The van der Waals surface area contributed by atoms with Crippen molar-refractivity contribution in [2.24, 2.45) is 0 Å². The number of ether oxygens (including phenoxy) is 1. The molecule has 1 aromatic carbocycles. The summed E-state index contributed by atoms with van der Waals surface area (Å²) in [7, 11) is 0. The molecular weight excluding hydrogens is 336 g/mol. The average Bonchev–Trinajstić information content (AvgIpc) is 2.58. The molecule has 1 rings (SSSR count). The van der Waals surface area contributed by atoms with E-state index in [9.17, 15) is 19.2 Å². The molecule has 1 unspecified atom stereocenters. The molecule has 0 aromatic heterocycles. The fourth-order valence-corrected chi connectivity index (χ4v) is 2.18. The predicted octanol–water partition coefficient (Wildman–Crippen LogP) is 2.46. The van der Waals surface area contributed by atoms with Crippen LogP contribution < -0.4 is 10.6 Å². The molecule has 2 amide bonds. The highest BCUT2D eigenvalue weighted by Crippen LogP contribution is 2.11. The van der Waals surface area contributed by atoms with Gasteiger partial charge in [0.1, 0.15) is 0 Å². The number of benzene rings is 1. The number of hydrogen-bond acceptors (Lipinski definition) is 5. The third kappa shape index (κ3) is 8.41. The second-order valence-electron chi connectivity index (χ2n) is 6.05. The third-order valence-electron chi connectivity index (χ3n) is 3.67. The number of nitrogens with one attached hydrogen (secondary N) is 2. The fourth-order valence-electron chi connectivity index (χ4n) is 2.18. The molecule has 0 aliphatic rings. The van der Waals surface area contributed by atoms with Gasteiger partial charge in [0, 0.05) is 31.1 Å². The number of hydrogen-bond donors (Lipinski definition) is 2. The molecule has 0 fully saturated rings. The van der Waals surface area contributed by atoms with Crippen molar-refractivity contribution in [3.8, 4) is 0 Å². The minimum atomic E-state index is -0.908. The molecule has 7 nitrogen and oxygen atoms in total. The van der Waals surface area contributed by atoms with E-state index in [1.54, 1.807) is 24.3 Å². The van der Waals surface area contributed by atoms with Crippen LogP contribution in [0.25, 0.3) is 0 Å². The summed E-state index contributed by atoms with van der Waals surface area (Å²) >= 11 is 0. The van der Waals surface area contributed by atoms with Crippen molar-refractivity contribution in [2.45, 2.75) is 52.6 Å². The summed E-state index contributed by atoms with van der Waals surface area (Å²) in [5, 5.41) is 5.33. The van der Waals surface area contributed by atoms with E-state index >= 15 is 0 Å². The Morgan fingerprint density at radius 2 is 1.65 bits per heavy atom. The number of Topliss-reactive ketones (excluding diaryl/α,β-unsaturated/α-hetero) is 1. The van der Waals surface area contributed by atoms with Crippen LogP contribution in [0.4, 0.5) is 5.69 Å². The van der Waals surface area contributed by atoms with Crippen molar-refractivity contribution in [1.82, 2.24) is 5.32 Å².